The van der Waals surface area contributed by atoms with E-state index in [-0.39, 0.29) is 21.7 Å². The van der Waals surface area contributed by atoms with E-state index in [9.17, 15) is 5.26 Å². The van der Waals surface area contributed by atoms with E-state index in [1.54, 1.807) is 0 Å². The van der Waals surface area contributed by atoms with Crippen LogP contribution in [-0.2, 0) is 21.7 Å². The molecule has 6 nitrogen and oxygen atoms in total. The minimum absolute atomic E-state index is 0.0432. The summed E-state index contributed by atoms with van der Waals surface area (Å²) < 4.78 is 4.81. The molecule has 11 rings (SSSR count). The Labute approximate surface area is 436 Å². The third-order valence-corrected chi connectivity index (χ3v) is 14.9. The molecule has 0 fully saturated rings. The third kappa shape index (κ3) is 8.54. The number of hydrogen-bond acceptors (Lipinski definition) is 4. The van der Waals surface area contributed by atoms with Gasteiger partial charge in [-0.2, -0.15) is 5.26 Å². The molecule has 11 aromatic rings. The molecule has 6 heteroatoms. The molecule has 0 amide bonds. The third-order valence-electron chi connectivity index (χ3n) is 14.9. The molecule has 366 valence electrons. The summed E-state index contributed by atoms with van der Waals surface area (Å²) >= 11 is 0. The van der Waals surface area contributed by atoms with Crippen molar-refractivity contribution in [1.82, 2.24) is 24.1 Å². The molecular formula is C68H64N6. The Morgan fingerprint density at radius 2 is 0.743 bits per heavy atom. The van der Waals surface area contributed by atoms with Gasteiger partial charge in [-0.1, -0.05) is 168 Å². The van der Waals surface area contributed by atoms with Gasteiger partial charge in [0.25, 0.3) is 0 Å². The second-order valence-corrected chi connectivity index (χ2v) is 24.2. The Kier molecular flexibility index (Phi) is 11.4. The zero-order valence-electron chi connectivity index (χ0n) is 44.8. The number of rotatable bonds is 6. The maximum Gasteiger partial charge on any atom is 0.164 e. The number of aromatic nitrogens is 5. The van der Waals surface area contributed by atoms with E-state index in [2.05, 4.69) is 201 Å². The predicted octanol–water partition coefficient (Wildman–Crippen LogP) is 17.8. The Morgan fingerprint density at radius 3 is 1.14 bits per heavy atom. The smallest absolute Gasteiger partial charge is 0.164 e. The standard InChI is InChI=1S/C68H64N6/c1-65(2,3)45-24-31-57-53(36-45)54-37-46(66(4,5)6)25-32-58(54)73(57)49-28-29-50(64-71-62(43-19-15-13-16-20-43)70-63(72-64)44-21-17-14-18-22-44)51(40-49)52-35-42(41-69)23-30-59(52)74-60-33-26-47(67(7,8)9)38-55(60)56-39-48(68(10,11)12)27-34-61(56)74/h13-40H,1-12H3. The van der Waals surface area contributed by atoms with E-state index in [1.165, 1.54) is 43.8 Å². The zero-order chi connectivity index (χ0) is 52.1. The van der Waals surface area contributed by atoms with Crippen LogP contribution in [0.25, 0.3) is 100 Å². The van der Waals surface area contributed by atoms with Crippen LogP contribution in [-0.4, -0.2) is 24.1 Å². The van der Waals surface area contributed by atoms with E-state index in [0.717, 1.165) is 61.3 Å². The molecule has 74 heavy (non-hydrogen) atoms. The van der Waals surface area contributed by atoms with Gasteiger partial charge in [0.05, 0.1) is 39.4 Å². The summed E-state index contributed by atoms with van der Waals surface area (Å²) in [6.07, 6.45) is 0. The molecule has 8 aromatic carbocycles. The highest BCUT2D eigenvalue weighted by atomic mass is 15.0. The van der Waals surface area contributed by atoms with Crippen LogP contribution >= 0.6 is 0 Å². The topological polar surface area (TPSA) is 72.3 Å². The molecule has 0 radical (unpaired) electrons. The van der Waals surface area contributed by atoms with Crippen molar-refractivity contribution in [2.24, 2.45) is 0 Å². The van der Waals surface area contributed by atoms with Gasteiger partial charge >= 0.3 is 0 Å². The molecule has 0 aliphatic carbocycles. The summed E-state index contributed by atoms with van der Waals surface area (Å²) in [5.74, 6) is 1.69. The van der Waals surface area contributed by atoms with Gasteiger partial charge in [-0.05, 0) is 134 Å². The Balaban J connectivity index is 1.26. The van der Waals surface area contributed by atoms with Crippen LogP contribution in [0.1, 0.15) is 111 Å². The minimum Gasteiger partial charge on any atom is -0.309 e. The highest BCUT2D eigenvalue weighted by molar-refractivity contribution is 6.12. The van der Waals surface area contributed by atoms with E-state index in [0.29, 0.717) is 23.0 Å². The summed E-state index contributed by atoms with van der Waals surface area (Å²) in [4.78, 5) is 15.8. The maximum absolute atomic E-state index is 10.8. The first-order valence-corrected chi connectivity index (χ1v) is 25.9. The van der Waals surface area contributed by atoms with Crippen LogP contribution in [0.2, 0.25) is 0 Å². The van der Waals surface area contributed by atoms with Gasteiger partial charge in [-0.15, -0.1) is 0 Å². The molecule has 0 atom stereocenters. The first-order valence-electron chi connectivity index (χ1n) is 25.9. The van der Waals surface area contributed by atoms with E-state index in [1.807, 2.05) is 66.7 Å². The predicted molar refractivity (Wildman–Crippen MR) is 310 cm³/mol. The van der Waals surface area contributed by atoms with Crippen LogP contribution in [0.15, 0.2) is 170 Å². The zero-order valence-corrected chi connectivity index (χ0v) is 44.8. The number of benzene rings is 8. The van der Waals surface area contributed by atoms with E-state index in [4.69, 9.17) is 15.0 Å². The molecule has 0 aliphatic rings. The SMILES string of the molecule is CC(C)(C)c1ccc2c(c1)c1cc(C(C)(C)C)ccc1n2-c1ccc(-c2nc(-c3ccccc3)nc(-c3ccccc3)n2)c(-c2cc(C#N)ccc2-n2c3ccc(C(C)(C)C)cc3c3cc(C(C)(C)C)ccc32)c1. The van der Waals surface area contributed by atoms with Gasteiger partial charge in [0.15, 0.2) is 17.5 Å². The molecule has 0 unspecified atom stereocenters. The van der Waals surface area contributed by atoms with Crippen molar-refractivity contribution in [2.75, 3.05) is 0 Å². The Morgan fingerprint density at radius 1 is 0.351 bits per heavy atom. The number of nitrogens with zero attached hydrogens (tertiary/aromatic N) is 6. The minimum atomic E-state index is -0.0591. The van der Waals surface area contributed by atoms with Gasteiger partial charge in [-0.25, -0.2) is 15.0 Å². The number of fused-ring (bicyclic) bond motifs is 6. The quantitative estimate of drug-likeness (QED) is 0.166. The molecule has 3 aromatic heterocycles. The Hall–Kier alpha value is -8.14. The summed E-state index contributed by atoms with van der Waals surface area (Å²) in [5.41, 5.74) is 16.2. The van der Waals surface area contributed by atoms with Gasteiger partial charge in [0.2, 0.25) is 0 Å². The summed E-state index contributed by atoms with van der Waals surface area (Å²) in [5, 5.41) is 15.6. The normalized spacial score (nSPS) is 12.6. The van der Waals surface area contributed by atoms with Crippen LogP contribution in [0.5, 0.6) is 0 Å². The molecule has 0 saturated heterocycles. The first-order chi connectivity index (χ1) is 35.2. The monoisotopic (exact) mass is 965 g/mol. The van der Waals surface area contributed by atoms with Crippen molar-refractivity contribution in [2.45, 2.75) is 105 Å². The van der Waals surface area contributed by atoms with Crippen LogP contribution in [0, 0.1) is 11.3 Å². The second kappa shape index (κ2) is 17.5. The van der Waals surface area contributed by atoms with Crippen molar-refractivity contribution in [3.05, 3.63) is 198 Å². The molecular weight excluding hydrogens is 901 g/mol. The second-order valence-electron chi connectivity index (χ2n) is 24.2. The summed E-state index contributed by atoms with van der Waals surface area (Å²) in [6, 6.07) is 63.4. The highest BCUT2D eigenvalue weighted by Gasteiger charge is 2.27. The maximum atomic E-state index is 10.8. The van der Waals surface area contributed by atoms with Gasteiger partial charge in [-0.3, -0.25) is 0 Å². The lowest BCUT2D eigenvalue weighted by atomic mass is 9.85. The van der Waals surface area contributed by atoms with Crippen molar-refractivity contribution in [3.8, 4) is 62.7 Å². The van der Waals surface area contributed by atoms with E-state index < -0.39 is 0 Å². The van der Waals surface area contributed by atoms with Gasteiger partial charge < -0.3 is 9.13 Å². The van der Waals surface area contributed by atoms with Crippen LogP contribution in [0.3, 0.4) is 0 Å². The average molecular weight is 965 g/mol. The van der Waals surface area contributed by atoms with E-state index >= 15 is 0 Å². The van der Waals surface area contributed by atoms with Crippen molar-refractivity contribution < 1.29 is 0 Å². The van der Waals surface area contributed by atoms with Crippen molar-refractivity contribution in [1.29, 1.82) is 5.26 Å². The Bertz CT molecular complexity index is 3840. The van der Waals surface area contributed by atoms with Crippen molar-refractivity contribution in [3.63, 3.8) is 0 Å². The average Bonchev–Trinajstić information content (AvgIpc) is 3.89. The van der Waals surface area contributed by atoms with Crippen LogP contribution < -0.4 is 0 Å². The fraction of sp³-hybridized carbons (Fsp3) is 0.235. The number of hydrogen-bond donors (Lipinski definition) is 0. The lowest BCUT2D eigenvalue weighted by Crippen LogP contribution is -2.10. The fourth-order valence-electron chi connectivity index (χ4n) is 10.5. The van der Waals surface area contributed by atoms with Gasteiger partial charge in [0.1, 0.15) is 0 Å². The number of nitriles is 1. The van der Waals surface area contributed by atoms with Gasteiger partial charge in [0, 0.05) is 49.5 Å². The summed E-state index contributed by atoms with van der Waals surface area (Å²) in [6.45, 7) is 27.3. The molecule has 3 heterocycles. The lowest BCUT2D eigenvalue weighted by Gasteiger charge is -2.21. The molecule has 0 N–H and O–H groups in total. The molecule has 0 spiro atoms. The van der Waals surface area contributed by atoms with Crippen molar-refractivity contribution >= 4 is 43.6 Å². The fourth-order valence-corrected chi connectivity index (χ4v) is 10.5. The summed E-state index contributed by atoms with van der Waals surface area (Å²) in [7, 11) is 0. The van der Waals surface area contributed by atoms with Crippen LogP contribution in [0.4, 0.5) is 0 Å². The first kappa shape index (κ1) is 48.1. The molecule has 0 saturated carbocycles. The molecule has 0 bridgehead atoms. The highest BCUT2D eigenvalue weighted by Crippen LogP contribution is 2.45. The largest absolute Gasteiger partial charge is 0.309 e. The molecule has 0 aliphatic heterocycles. The lowest BCUT2D eigenvalue weighted by molar-refractivity contribution is 0.590.